The van der Waals surface area contributed by atoms with Crippen molar-refractivity contribution < 1.29 is 0 Å². The maximum Gasteiger partial charge on any atom is 0.332 e. The van der Waals surface area contributed by atoms with Gasteiger partial charge in [0.1, 0.15) is 16.4 Å². The van der Waals surface area contributed by atoms with Crippen molar-refractivity contribution >= 4 is 22.8 Å². The topological polar surface area (TPSA) is 86.2 Å². The monoisotopic (exact) mass is 357 g/mol. The largest absolute Gasteiger partial charge is 0.384 e. The van der Waals surface area contributed by atoms with Gasteiger partial charge in [0.25, 0.3) is 5.56 Å². The van der Waals surface area contributed by atoms with Gasteiger partial charge >= 0.3 is 5.69 Å². The molecule has 0 saturated carbocycles. The number of benzene rings is 1. The molecule has 0 bridgehead atoms. The highest BCUT2D eigenvalue weighted by atomic mass is 32.1. The highest BCUT2D eigenvalue weighted by Crippen LogP contribution is 2.30. The van der Waals surface area contributed by atoms with Crippen LogP contribution in [0.5, 0.6) is 0 Å². The molecule has 0 saturated heterocycles. The molecule has 0 unspecified atom stereocenters. The Hall–Kier alpha value is -2.87. The molecule has 2 heterocycles. The van der Waals surface area contributed by atoms with E-state index in [9.17, 15) is 9.59 Å². The molecule has 0 spiro atoms. The molecule has 1 aromatic carbocycles. The van der Waals surface area contributed by atoms with Gasteiger partial charge in [-0.3, -0.25) is 13.9 Å². The van der Waals surface area contributed by atoms with Gasteiger partial charge in [-0.25, -0.2) is 9.78 Å². The van der Waals surface area contributed by atoms with Gasteiger partial charge in [0.2, 0.25) is 0 Å². The van der Waals surface area contributed by atoms with Crippen molar-refractivity contribution in [1.82, 2.24) is 14.1 Å². The van der Waals surface area contributed by atoms with Gasteiger partial charge in [-0.2, -0.15) is 0 Å². The molecular weight excluding hydrogens is 338 g/mol. The molecule has 25 heavy (non-hydrogen) atoms. The summed E-state index contributed by atoms with van der Waals surface area (Å²) in [5.41, 5.74) is 7.87. The summed E-state index contributed by atoms with van der Waals surface area (Å²) >= 11 is 1.43. The molecule has 0 radical (unpaired) electrons. The molecule has 130 valence electrons. The second kappa shape index (κ2) is 6.21. The van der Waals surface area contributed by atoms with Gasteiger partial charge in [-0.15, -0.1) is 11.3 Å². The van der Waals surface area contributed by atoms with E-state index in [4.69, 9.17) is 5.73 Å². The lowest BCUT2D eigenvalue weighted by molar-refractivity contribution is 0.696. The zero-order chi connectivity index (χ0) is 18.3. The third-order valence-electron chi connectivity index (χ3n) is 4.10. The van der Waals surface area contributed by atoms with E-state index < -0.39 is 11.2 Å². The first kappa shape index (κ1) is 17.0. The lowest BCUT2D eigenvalue weighted by Gasteiger charge is -2.12. The summed E-state index contributed by atoms with van der Waals surface area (Å²) in [6, 6.07) is 7.99. The molecule has 0 aliphatic carbocycles. The Bertz CT molecular complexity index is 1040. The lowest BCUT2D eigenvalue weighted by Crippen LogP contribution is -2.39. The number of hydrogen-bond donors (Lipinski definition) is 1. The van der Waals surface area contributed by atoms with E-state index in [2.05, 4.69) is 4.98 Å². The average molecular weight is 357 g/mol. The van der Waals surface area contributed by atoms with Crippen molar-refractivity contribution in [2.24, 2.45) is 14.1 Å². The fraction of sp³-hybridized carbons (Fsp3) is 0.235. The standard InChI is InChI=1S/C17H19N5O2S/c1-20(2)11-7-5-10(6-8-11)15-19-12(9-25-15)13-14(18)21(3)17(24)22(4)16(13)23/h5-9H,18H2,1-4H3. The van der Waals surface area contributed by atoms with Crippen LogP contribution in [0.15, 0.2) is 39.2 Å². The van der Waals surface area contributed by atoms with Gasteiger partial charge in [0.05, 0.1) is 5.69 Å². The predicted molar refractivity (Wildman–Crippen MR) is 102 cm³/mol. The third kappa shape index (κ3) is 2.85. The van der Waals surface area contributed by atoms with E-state index in [0.29, 0.717) is 5.69 Å². The molecule has 0 atom stereocenters. The maximum absolute atomic E-state index is 12.5. The van der Waals surface area contributed by atoms with Crippen molar-refractivity contribution in [3.63, 3.8) is 0 Å². The number of anilines is 2. The minimum absolute atomic E-state index is 0.118. The quantitative estimate of drug-likeness (QED) is 0.768. The van der Waals surface area contributed by atoms with E-state index in [1.54, 1.807) is 5.38 Å². The number of nitrogen functional groups attached to an aromatic ring is 1. The minimum Gasteiger partial charge on any atom is -0.384 e. The molecule has 2 N–H and O–H groups in total. The Kier molecular flexibility index (Phi) is 4.22. The normalized spacial score (nSPS) is 10.9. The molecule has 0 aliphatic heterocycles. The van der Waals surface area contributed by atoms with Crippen molar-refractivity contribution in [2.45, 2.75) is 0 Å². The number of nitrogens with two attached hydrogens (primary N) is 1. The fourth-order valence-corrected chi connectivity index (χ4v) is 3.34. The highest BCUT2D eigenvalue weighted by molar-refractivity contribution is 7.13. The van der Waals surface area contributed by atoms with E-state index >= 15 is 0 Å². The van der Waals surface area contributed by atoms with Crippen LogP contribution in [0, 0.1) is 0 Å². The van der Waals surface area contributed by atoms with E-state index in [1.165, 1.54) is 30.0 Å². The van der Waals surface area contributed by atoms with Crippen LogP contribution in [0.25, 0.3) is 21.8 Å². The smallest absolute Gasteiger partial charge is 0.332 e. The average Bonchev–Trinajstić information content (AvgIpc) is 3.08. The molecule has 0 aliphatic rings. The van der Waals surface area contributed by atoms with Crippen LogP contribution in [-0.4, -0.2) is 28.2 Å². The Morgan fingerprint density at radius 2 is 1.72 bits per heavy atom. The van der Waals surface area contributed by atoms with Gasteiger partial charge < -0.3 is 10.6 Å². The molecule has 3 rings (SSSR count). The number of hydrogen-bond acceptors (Lipinski definition) is 6. The maximum atomic E-state index is 12.5. The molecule has 0 amide bonds. The Morgan fingerprint density at radius 1 is 1.08 bits per heavy atom. The van der Waals surface area contributed by atoms with Crippen LogP contribution < -0.4 is 21.9 Å². The first-order chi connectivity index (χ1) is 11.8. The van der Waals surface area contributed by atoms with Crippen molar-refractivity contribution in [3.8, 4) is 21.8 Å². The summed E-state index contributed by atoms with van der Waals surface area (Å²) in [5.74, 6) is 0.118. The predicted octanol–water partition coefficient (Wildman–Crippen LogP) is 1.52. The van der Waals surface area contributed by atoms with E-state index in [-0.39, 0.29) is 11.4 Å². The summed E-state index contributed by atoms with van der Waals surface area (Å²) in [6.07, 6.45) is 0. The van der Waals surface area contributed by atoms with Crippen molar-refractivity contribution in [3.05, 3.63) is 50.5 Å². The second-order valence-electron chi connectivity index (χ2n) is 5.95. The number of aromatic nitrogens is 3. The summed E-state index contributed by atoms with van der Waals surface area (Å²) in [4.78, 5) is 31.0. The second-order valence-corrected chi connectivity index (χ2v) is 6.80. The van der Waals surface area contributed by atoms with Crippen LogP contribution >= 0.6 is 11.3 Å². The molecule has 0 fully saturated rings. The first-order valence-electron chi connectivity index (χ1n) is 7.60. The Balaban J connectivity index is 2.09. The summed E-state index contributed by atoms with van der Waals surface area (Å²) in [7, 11) is 6.93. The molecule has 2 aromatic heterocycles. The first-order valence-corrected chi connectivity index (χ1v) is 8.48. The number of thiazole rings is 1. The molecule has 7 nitrogen and oxygen atoms in total. The van der Waals surface area contributed by atoms with Gasteiger partial charge in [0, 0.05) is 44.8 Å². The Labute approximate surface area is 148 Å². The Morgan fingerprint density at radius 3 is 2.32 bits per heavy atom. The molecular formula is C17H19N5O2S. The van der Waals surface area contributed by atoms with Gasteiger partial charge in [-0.1, -0.05) is 0 Å². The summed E-state index contributed by atoms with van der Waals surface area (Å²) in [6.45, 7) is 0. The van der Waals surface area contributed by atoms with E-state index in [0.717, 1.165) is 20.8 Å². The van der Waals surface area contributed by atoms with Crippen LogP contribution in [0.3, 0.4) is 0 Å². The zero-order valence-corrected chi connectivity index (χ0v) is 15.3. The number of rotatable bonds is 3. The van der Waals surface area contributed by atoms with Gasteiger partial charge in [-0.05, 0) is 24.3 Å². The van der Waals surface area contributed by atoms with Crippen LogP contribution in [0.1, 0.15) is 0 Å². The van der Waals surface area contributed by atoms with E-state index in [1.807, 2.05) is 43.3 Å². The lowest BCUT2D eigenvalue weighted by atomic mass is 10.2. The molecule has 3 aromatic rings. The number of nitrogens with zero attached hydrogens (tertiary/aromatic N) is 4. The third-order valence-corrected chi connectivity index (χ3v) is 4.99. The highest BCUT2D eigenvalue weighted by Gasteiger charge is 2.18. The van der Waals surface area contributed by atoms with Crippen LogP contribution in [-0.2, 0) is 14.1 Å². The fourth-order valence-electron chi connectivity index (χ4n) is 2.52. The van der Waals surface area contributed by atoms with Crippen LogP contribution in [0.4, 0.5) is 11.5 Å². The van der Waals surface area contributed by atoms with Crippen molar-refractivity contribution in [2.75, 3.05) is 24.7 Å². The van der Waals surface area contributed by atoms with Gasteiger partial charge in [0.15, 0.2) is 0 Å². The minimum atomic E-state index is -0.457. The summed E-state index contributed by atoms with van der Waals surface area (Å²) < 4.78 is 2.29. The van der Waals surface area contributed by atoms with Crippen molar-refractivity contribution in [1.29, 1.82) is 0 Å². The summed E-state index contributed by atoms with van der Waals surface area (Å²) in [5, 5.41) is 2.57. The van der Waals surface area contributed by atoms with Crippen LogP contribution in [0.2, 0.25) is 0 Å². The zero-order valence-electron chi connectivity index (χ0n) is 14.5. The molecule has 8 heteroatoms. The SMILES string of the molecule is CN(C)c1ccc(-c2nc(-c3c(N)n(C)c(=O)n(C)c3=O)cs2)cc1.